The fourth-order valence-electron chi connectivity index (χ4n) is 2.00. The van der Waals surface area contributed by atoms with Crippen LogP contribution in [0.15, 0.2) is 30.3 Å². The van der Waals surface area contributed by atoms with Crippen LogP contribution in [0.3, 0.4) is 0 Å². The van der Waals surface area contributed by atoms with Crippen LogP contribution >= 0.6 is 0 Å². The van der Waals surface area contributed by atoms with E-state index in [2.05, 4.69) is 43.4 Å². The SMILES string of the molecule is CC(C)(CO)COCC(C)(C)CNCCc1ccccc1. The molecule has 1 aromatic rings. The molecule has 0 aliphatic heterocycles. The molecule has 1 rings (SSSR count). The smallest absolute Gasteiger partial charge is 0.0539 e. The largest absolute Gasteiger partial charge is 0.396 e. The number of aliphatic hydroxyl groups is 1. The Morgan fingerprint density at radius 3 is 2.24 bits per heavy atom. The lowest BCUT2D eigenvalue weighted by atomic mass is 9.93. The van der Waals surface area contributed by atoms with Gasteiger partial charge in [0.05, 0.1) is 19.8 Å². The zero-order valence-corrected chi connectivity index (χ0v) is 14.0. The summed E-state index contributed by atoms with van der Waals surface area (Å²) in [5.74, 6) is 0. The minimum Gasteiger partial charge on any atom is -0.396 e. The van der Waals surface area contributed by atoms with Crippen LogP contribution in [0, 0.1) is 10.8 Å². The number of ether oxygens (including phenoxy) is 1. The van der Waals surface area contributed by atoms with Crippen LogP contribution in [-0.4, -0.2) is 38.0 Å². The van der Waals surface area contributed by atoms with E-state index in [1.54, 1.807) is 0 Å². The number of benzene rings is 1. The predicted molar refractivity (Wildman–Crippen MR) is 88.5 cm³/mol. The third-order valence-electron chi connectivity index (χ3n) is 3.45. The highest BCUT2D eigenvalue weighted by Gasteiger charge is 2.21. The highest BCUT2D eigenvalue weighted by Crippen LogP contribution is 2.18. The monoisotopic (exact) mass is 293 g/mol. The van der Waals surface area contributed by atoms with Gasteiger partial charge in [-0.1, -0.05) is 58.0 Å². The molecule has 3 heteroatoms. The van der Waals surface area contributed by atoms with Gasteiger partial charge in [-0.05, 0) is 18.5 Å². The van der Waals surface area contributed by atoms with Crippen LogP contribution in [0.2, 0.25) is 0 Å². The first-order valence-corrected chi connectivity index (χ1v) is 7.78. The van der Waals surface area contributed by atoms with E-state index in [1.165, 1.54) is 5.56 Å². The summed E-state index contributed by atoms with van der Waals surface area (Å²) in [6, 6.07) is 10.5. The Bertz CT molecular complexity index is 387. The molecule has 0 aliphatic carbocycles. The van der Waals surface area contributed by atoms with Crippen molar-refractivity contribution in [2.24, 2.45) is 10.8 Å². The molecule has 0 saturated carbocycles. The van der Waals surface area contributed by atoms with E-state index in [9.17, 15) is 5.11 Å². The standard InChI is InChI=1S/C18H31NO2/c1-17(2,14-21-15-18(3,4)13-20)12-19-11-10-16-8-6-5-7-9-16/h5-9,19-20H,10-15H2,1-4H3. The fourth-order valence-corrected chi connectivity index (χ4v) is 2.00. The van der Waals surface area contributed by atoms with Crippen molar-refractivity contribution >= 4 is 0 Å². The maximum Gasteiger partial charge on any atom is 0.0539 e. The summed E-state index contributed by atoms with van der Waals surface area (Å²) in [7, 11) is 0. The van der Waals surface area contributed by atoms with Crippen molar-refractivity contribution in [3.63, 3.8) is 0 Å². The van der Waals surface area contributed by atoms with Gasteiger partial charge in [-0.15, -0.1) is 0 Å². The van der Waals surface area contributed by atoms with Crippen molar-refractivity contribution in [3.05, 3.63) is 35.9 Å². The Balaban J connectivity index is 2.17. The van der Waals surface area contributed by atoms with Crippen LogP contribution in [0.1, 0.15) is 33.3 Å². The lowest BCUT2D eigenvalue weighted by molar-refractivity contribution is -0.00521. The van der Waals surface area contributed by atoms with E-state index >= 15 is 0 Å². The second-order valence-electron chi connectivity index (χ2n) is 7.39. The first kappa shape index (κ1) is 18.1. The average Bonchev–Trinajstić information content (AvgIpc) is 2.44. The molecule has 0 aliphatic rings. The van der Waals surface area contributed by atoms with E-state index in [4.69, 9.17) is 4.74 Å². The molecule has 0 radical (unpaired) electrons. The van der Waals surface area contributed by atoms with Crippen LogP contribution in [0.5, 0.6) is 0 Å². The van der Waals surface area contributed by atoms with Crippen molar-refractivity contribution in [1.29, 1.82) is 0 Å². The minimum absolute atomic E-state index is 0.0994. The van der Waals surface area contributed by atoms with Gasteiger partial charge in [0.15, 0.2) is 0 Å². The molecule has 0 bridgehead atoms. The van der Waals surface area contributed by atoms with Crippen LogP contribution in [-0.2, 0) is 11.2 Å². The number of hydrogen-bond donors (Lipinski definition) is 2. The molecule has 0 atom stereocenters. The molecule has 0 aromatic heterocycles. The van der Waals surface area contributed by atoms with Gasteiger partial charge in [0.25, 0.3) is 0 Å². The van der Waals surface area contributed by atoms with Crippen molar-refractivity contribution in [2.45, 2.75) is 34.1 Å². The van der Waals surface area contributed by atoms with E-state index in [1.807, 2.05) is 19.9 Å². The molecule has 0 heterocycles. The van der Waals surface area contributed by atoms with Crippen molar-refractivity contribution in [2.75, 3.05) is 32.9 Å². The Kier molecular flexibility index (Phi) is 7.36. The zero-order valence-electron chi connectivity index (χ0n) is 14.0. The summed E-state index contributed by atoms with van der Waals surface area (Å²) in [5, 5.41) is 12.7. The molecule has 2 N–H and O–H groups in total. The zero-order chi connectivity index (χ0) is 15.8. The van der Waals surface area contributed by atoms with Gasteiger partial charge < -0.3 is 15.2 Å². The summed E-state index contributed by atoms with van der Waals surface area (Å²) in [5.41, 5.74) is 1.31. The van der Waals surface area contributed by atoms with Crippen molar-refractivity contribution in [1.82, 2.24) is 5.32 Å². The van der Waals surface area contributed by atoms with E-state index < -0.39 is 0 Å². The van der Waals surface area contributed by atoms with Crippen LogP contribution in [0.25, 0.3) is 0 Å². The molecule has 3 nitrogen and oxygen atoms in total. The summed E-state index contributed by atoms with van der Waals surface area (Å²) in [6.07, 6.45) is 1.05. The molecular formula is C18H31NO2. The molecule has 0 fully saturated rings. The van der Waals surface area contributed by atoms with E-state index in [0.29, 0.717) is 13.2 Å². The number of hydrogen-bond acceptors (Lipinski definition) is 3. The second-order valence-corrected chi connectivity index (χ2v) is 7.39. The van der Waals surface area contributed by atoms with Gasteiger partial charge in [0.2, 0.25) is 0 Å². The van der Waals surface area contributed by atoms with Gasteiger partial charge in [-0.2, -0.15) is 0 Å². The highest BCUT2D eigenvalue weighted by atomic mass is 16.5. The van der Waals surface area contributed by atoms with Gasteiger partial charge in [0, 0.05) is 17.4 Å². The van der Waals surface area contributed by atoms with Crippen LogP contribution in [0.4, 0.5) is 0 Å². The maximum absolute atomic E-state index is 9.21. The quantitative estimate of drug-likeness (QED) is 0.652. The third-order valence-corrected chi connectivity index (χ3v) is 3.45. The lowest BCUT2D eigenvalue weighted by Gasteiger charge is -2.28. The van der Waals surface area contributed by atoms with Gasteiger partial charge in [-0.25, -0.2) is 0 Å². The topological polar surface area (TPSA) is 41.5 Å². The van der Waals surface area contributed by atoms with E-state index in [-0.39, 0.29) is 17.4 Å². The highest BCUT2D eigenvalue weighted by molar-refractivity contribution is 5.14. The summed E-state index contributed by atoms with van der Waals surface area (Å²) in [4.78, 5) is 0. The van der Waals surface area contributed by atoms with Gasteiger partial charge in [0.1, 0.15) is 0 Å². The van der Waals surface area contributed by atoms with Gasteiger partial charge in [-0.3, -0.25) is 0 Å². The van der Waals surface area contributed by atoms with E-state index in [0.717, 1.165) is 19.5 Å². The minimum atomic E-state index is -0.156. The van der Waals surface area contributed by atoms with Gasteiger partial charge >= 0.3 is 0 Å². The Morgan fingerprint density at radius 1 is 1.00 bits per heavy atom. The Labute approximate surface area is 129 Å². The predicted octanol–water partition coefficient (Wildman–Crippen LogP) is 2.88. The number of aliphatic hydroxyl groups excluding tert-OH is 1. The molecule has 0 unspecified atom stereocenters. The Morgan fingerprint density at radius 2 is 1.62 bits per heavy atom. The first-order valence-electron chi connectivity index (χ1n) is 7.78. The van der Waals surface area contributed by atoms with Crippen molar-refractivity contribution < 1.29 is 9.84 Å². The summed E-state index contributed by atoms with van der Waals surface area (Å²) < 4.78 is 5.77. The number of rotatable bonds is 10. The molecule has 120 valence electrons. The average molecular weight is 293 g/mol. The summed E-state index contributed by atoms with van der Waals surface area (Å²) in [6.45, 7) is 11.8. The molecular weight excluding hydrogens is 262 g/mol. The normalized spacial score (nSPS) is 12.6. The van der Waals surface area contributed by atoms with Crippen molar-refractivity contribution in [3.8, 4) is 0 Å². The molecule has 21 heavy (non-hydrogen) atoms. The molecule has 0 spiro atoms. The first-order chi connectivity index (χ1) is 9.85. The lowest BCUT2D eigenvalue weighted by Crippen LogP contribution is -2.35. The Hall–Kier alpha value is -0.900. The van der Waals surface area contributed by atoms with Crippen LogP contribution < -0.4 is 5.32 Å². The molecule has 0 amide bonds. The fraction of sp³-hybridized carbons (Fsp3) is 0.667. The molecule has 0 saturated heterocycles. The third kappa shape index (κ3) is 8.20. The summed E-state index contributed by atoms with van der Waals surface area (Å²) >= 11 is 0. The molecule has 1 aromatic carbocycles. The maximum atomic E-state index is 9.21. The number of nitrogens with one attached hydrogen (secondary N) is 1. The second kappa shape index (κ2) is 8.52.